The van der Waals surface area contributed by atoms with Gasteiger partial charge in [-0.3, -0.25) is 0 Å². The Morgan fingerprint density at radius 3 is 2.14 bits per heavy atom. The van der Waals surface area contributed by atoms with Crippen LogP contribution in [0.2, 0.25) is 0 Å². The van der Waals surface area contributed by atoms with E-state index in [1.807, 2.05) is 0 Å². The van der Waals surface area contributed by atoms with Crippen molar-refractivity contribution in [3.8, 4) is 0 Å². The van der Waals surface area contributed by atoms with E-state index in [-0.39, 0.29) is 5.57 Å². The van der Waals surface area contributed by atoms with Crippen molar-refractivity contribution < 1.29 is 13.2 Å². The minimum absolute atomic E-state index is 0.240. The van der Waals surface area contributed by atoms with E-state index in [0.29, 0.717) is 6.42 Å². The molecule has 0 aliphatic rings. The number of hydrogen-bond acceptors (Lipinski definition) is 0. The van der Waals surface area contributed by atoms with Crippen LogP contribution in [0.3, 0.4) is 0 Å². The Morgan fingerprint density at radius 2 is 1.79 bits per heavy atom. The molecule has 0 nitrogen and oxygen atoms in total. The molecule has 0 atom stereocenters. The largest absolute Gasteiger partial charge is 0.416 e. The fourth-order valence-electron chi connectivity index (χ4n) is 1.02. The van der Waals surface area contributed by atoms with Crippen LogP contribution in [-0.2, 0) is 0 Å². The number of rotatable bonds is 3. The maximum atomic E-state index is 12.5. The first-order valence-corrected chi connectivity index (χ1v) is 4.50. The lowest BCUT2D eigenvalue weighted by Crippen LogP contribution is -2.11. The molecule has 0 saturated carbocycles. The Kier molecular flexibility index (Phi) is 5.28. The summed E-state index contributed by atoms with van der Waals surface area (Å²) in [4.78, 5) is 0. The molecule has 0 fully saturated rings. The third kappa shape index (κ3) is 4.30. The second-order valence-corrected chi connectivity index (χ2v) is 2.91. The first-order valence-electron chi connectivity index (χ1n) is 4.50. The van der Waals surface area contributed by atoms with Crippen LogP contribution < -0.4 is 0 Å². The van der Waals surface area contributed by atoms with E-state index < -0.39 is 11.7 Å². The van der Waals surface area contributed by atoms with E-state index in [9.17, 15) is 13.2 Å². The summed E-state index contributed by atoms with van der Waals surface area (Å²) in [6, 6.07) is 0. The Morgan fingerprint density at radius 1 is 1.21 bits per heavy atom. The van der Waals surface area contributed by atoms with Crippen molar-refractivity contribution in [2.24, 2.45) is 0 Å². The molecule has 0 rings (SSSR count). The molecule has 0 aromatic carbocycles. The Hall–Kier alpha value is -0.990. The van der Waals surface area contributed by atoms with Gasteiger partial charge >= 0.3 is 6.18 Å². The number of allylic oxidation sites excluding steroid dienone is 6. The van der Waals surface area contributed by atoms with Gasteiger partial charge in [0, 0.05) is 0 Å². The SMILES string of the molecule is C\C=C/C(C)=C(\C=C\CC)C(F)(F)F. The summed E-state index contributed by atoms with van der Waals surface area (Å²) in [5, 5.41) is 0. The van der Waals surface area contributed by atoms with Crippen LogP contribution in [0.4, 0.5) is 13.2 Å². The van der Waals surface area contributed by atoms with Gasteiger partial charge in [0.25, 0.3) is 0 Å². The lowest BCUT2D eigenvalue weighted by atomic mass is 10.1. The van der Waals surface area contributed by atoms with Gasteiger partial charge in [-0.25, -0.2) is 0 Å². The maximum Gasteiger partial charge on any atom is 0.416 e. The van der Waals surface area contributed by atoms with Crippen molar-refractivity contribution in [1.29, 1.82) is 0 Å². The predicted octanol–water partition coefficient (Wildman–Crippen LogP) is 4.41. The average Bonchev–Trinajstić information content (AvgIpc) is 2.03. The average molecular weight is 204 g/mol. The second-order valence-electron chi connectivity index (χ2n) is 2.91. The fraction of sp³-hybridized carbons (Fsp3) is 0.455. The summed E-state index contributed by atoms with van der Waals surface area (Å²) in [5.74, 6) is 0. The van der Waals surface area contributed by atoms with Gasteiger partial charge in [-0.1, -0.05) is 31.2 Å². The summed E-state index contributed by atoms with van der Waals surface area (Å²) >= 11 is 0. The van der Waals surface area contributed by atoms with E-state index in [2.05, 4.69) is 0 Å². The Labute approximate surface area is 82.8 Å². The van der Waals surface area contributed by atoms with Crippen molar-refractivity contribution in [3.63, 3.8) is 0 Å². The quantitative estimate of drug-likeness (QED) is 0.597. The monoisotopic (exact) mass is 204 g/mol. The smallest absolute Gasteiger partial charge is 0.166 e. The summed E-state index contributed by atoms with van der Waals surface area (Å²) < 4.78 is 37.4. The zero-order chi connectivity index (χ0) is 11.2. The normalized spacial score (nSPS) is 15.3. The maximum absolute atomic E-state index is 12.5. The first kappa shape index (κ1) is 13.0. The third-order valence-electron chi connectivity index (χ3n) is 1.67. The zero-order valence-corrected chi connectivity index (χ0v) is 8.65. The van der Waals surface area contributed by atoms with E-state index in [4.69, 9.17) is 0 Å². The minimum Gasteiger partial charge on any atom is -0.166 e. The molecule has 0 aromatic rings. The van der Waals surface area contributed by atoms with Crippen molar-refractivity contribution in [1.82, 2.24) is 0 Å². The van der Waals surface area contributed by atoms with Gasteiger partial charge in [-0.2, -0.15) is 13.2 Å². The highest BCUT2D eigenvalue weighted by Gasteiger charge is 2.32. The highest BCUT2D eigenvalue weighted by molar-refractivity contribution is 5.35. The third-order valence-corrected chi connectivity index (χ3v) is 1.67. The van der Waals surface area contributed by atoms with Gasteiger partial charge in [0.15, 0.2) is 0 Å². The van der Waals surface area contributed by atoms with Crippen molar-refractivity contribution in [2.75, 3.05) is 0 Å². The van der Waals surface area contributed by atoms with Crippen LogP contribution in [0.15, 0.2) is 35.5 Å². The fourth-order valence-corrected chi connectivity index (χ4v) is 1.02. The van der Waals surface area contributed by atoms with E-state index in [1.54, 1.807) is 19.9 Å². The zero-order valence-electron chi connectivity index (χ0n) is 8.65. The van der Waals surface area contributed by atoms with Crippen LogP contribution in [0.25, 0.3) is 0 Å². The summed E-state index contributed by atoms with van der Waals surface area (Å²) in [7, 11) is 0. The van der Waals surface area contributed by atoms with Crippen LogP contribution in [0.5, 0.6) is 0 Å². The van der Waals surface area contributed by atoms with Crippen molar-refractivity contribution >= 4 is 0 Å². The molecule has 3 heteroatoms. The minimum atomic E-state index is -4.27. The van der Waals surface area contributed by atoms with Crippen LogP contribution in [-0.4, -0.2) is 6.18 Å². The van der Waals surface area contributed by atoms with Gasteiger partial charge < -0.3 is 0 Å². The van der Waals surface area contributed by atoms with Crippen LogP contribution in [0.1, 0.15) is 27.2 Å². The first-order chi connectivity index (χ1) is 6.43. The Bertz CT molecular complexity index is 254. The highest BCUT2D eigenvalue weighted by Crippen LogP contribution is 2.29. The predicted molar refractivity (Wildman–Crippen MR) is 53.0 cm³/mol. The topological polar surface area (TPSA) is 0 Å². The summed E-state index contributed by atoms with van der Waals surface area (Å²) in [6.07, 6.45) is 2.03. The molecule has 0 aromatic heterocycles. The van der Waals surface area contributed by atoms with Gasteiger partial charge in [0.05, 0.1) is 5.57 Å². The molecule has 0 aliphatic carbocycles. The summed E-state index contributed by atoms with van der Waals surface area (Å²) in [5.41, 5.74) is -0.331. The number of alkyl halides is 3. The van der Waals surface area contributed by atoms with E-state index >= 15 is 0 Å². The molecule has 80 valence electrons. The molecular formula is C11H15F3. The molecule has 0 N–H and O–H groups in total. The molecular weight excluding hydrogens is 189 g/mol. The Balaban J connectivity index is 5.09. The number of hydrogen-bond donors (Lipinski definition) is 0. The van der Waals surface area contributed by atoms with Gasteiger partial charge in [-0.15, -0.1) is 0 Å². The molecule has 0 amide bonds. The molecule has 0 radical (unpaired) electrons. The summed E-state index contributed by atoms with van der Waals surface area (Å²) in [6.45, 7) is 4.96. The van der Waals surface area contributed by atoms with Gasteiger partial charge in [0.2, 0.25) is 0 Å². The molecule has 0 spiro atoms. The molecule has 0 unspecified atom stereocenters. The van der Waals surface area contributed by atoms with E-state index in [0.717, 1.165) is 6.08 Å². The van der Waals surface area contributed by atoms with Gasteiger partial charge in [0.1, 0.15) is 0 Å². The van der Waals surface area contributed by atoms with Gasteiger partial charge in [-0.05, 0) is 25.8 Å². The standard InChI is InChI=1S/C11H15F3/c1-4-6-8-10(11(12,13)14)9(3)7-5-2/h5-8H,4H2,1-3H3/b7-5-,8-6+,10-9+. The van der Waals surface area contributed by atoms with E-state index in [1.165, 1.54) is 19.1 Å². The molecule has 14 heavy (non-hydrogen) atoms. The van der Waals surface area contributed by atoms with Crippen molar-refractivity contribution in [2.45, 2.75) is 33.4 Å². The van der Waals surface area contributed by atoms with Crippen LogP contribution >= 0.6 is 0 Å². The molecule has 0 bridgehead atoms. The highest BCUT2D eigenvalue weighted by atomic mass is 19.4. The number of halogens is 3. The molecule has 0 saturated heterocycles. The lowest BCUT2D eigenvalue weighted by Gasteiger charge is -2.09. The molecule has 0 heterocycles. The molecule has 0 aliphatic heterocycles. The van der Waals surface area contributed by atoms with Crippen LogP contribution in [0, 0.1) is 0 Å². The lowest BCUT2D eigenvalue weighted by molar-refractivity contribution is -0.0887. The second kappa shape index (κ2) is 5.68. The van der Waals surface area contributed by atoms with Crippen molar-refractivity contribution in [3.05, 3.63) is 35.5 Å².